The first kappa shape index (κ1) is 21.0. The van der Waals surface area contributed by atoms with Gasteiger partial charge in [-0.05, 0) is 51.0 Å². The summed E-state index contributed by atoms with van der Waals surface area (Å²) in [6.45, 7) is 4.69. The third-order valence-corrected chi connectivity index (χ3v) is 6.61. The van der Waals surface area contributed by atoms with Crippen molar-refractivity contribution in [3.63, 3.8) is 0 Å². The first-order valence-electron chi connectivity index (χ1n) is 9.99. The van der Waals surface area contributed by atoms with Crippen LogP contribution in [0.15, 0.2) is 30.5 Å². The van der Waals surface area contributed by atoms with Crippen LogP contribution in [0.1, 0.15) is 56.0 Å². The van der Waals surface area contributed by atoms with E-state index in [1.165, 1.54) is 29.7 Å². The lowest BCUT2D eigenvalue weighted by Gasteiger charge is -2.32. The highest BCUT2D eigenvalue weighted by Gasteiger charge is 2.29. The molecule has 0 saturated carbocycles. The minimum atomic E-state index is -0.554. The first-order chi connectivity index (χ1) is 14.8. The van der Waals surface area contributed by atoms with Gasteiger partial charge >= 0.3 is 0 Å². The quantitative estimate of drug-likeness (QED) is 0.671. The standard InChI is InChI=1S/C22H22FN5O2S/c1-12-17(19(24)29)10-25-20(26-12)15-4-3-9-28(11-15)22(30)18-13(2)27-21(31-18)14-5-7-16(23)8-6-14/h5-8,10,15H,3-4,9,11H2,1-2H3,(H2,24,29). The minimum absolute atomic E-state index is 0.0110. The number of rotatable bonds is 4. The normalized spacial score (nSPS) is 16.4. The van der Waals surface area contributed by atoms with Gasteiger partial charge in [0.25, 0.3) is 11.8 Å². The number of hydrogen-bond donors (Lipinski definition) is 1. The number of likely N-dealkylation sites (tertiary alicyclic amines) is 1. The van der Waals surface area contributed by atoms with Crippen LogP contribution in [0.5, 0.6) is 0 Å². The van der Waals surface area contributed by atoms with Crippen LogP contribution in [0.2, 0.25) is 0 Å². The maximum atomic E-state index is 13.2. The molecule has 1 aromatic carbocycles. The van der Waals surface area contributed by atoms with Gasteiger partial charge in [0, 0.05) is 30.8 Å². The Kier molecular flexibility index (Phi) is 5.77. The second-order valence-electron chi connectivity index (χ2n) is 7.62. The van der Waals surface area contributed by atoms with Gasteiger partial charge in [-0.3, -0.25) is 9.59 Å². The Bertz CT molecular complexity index is 1150. The number of primary amides is 1. The largest absolute Gasteiger partial charge is 0.365 e. The van der Waals surface area contributed by atoms with Crippen molar-refractivity contribution in [2.75, 3.05) is 13.1 Å². The highest BCUT2D eigenvalue weighted by molar-refractivity contribution is 7.17. The van der Waals surface area contributed by atoms with Crippen molar-refractivity contribution >= 4 is 23.2 Å². The number of hydrogen-bond acceptors (Lipinski definition) is 6. The molecule has 1 aliphatic rings. The predicted octanol–water partition coefficient (Wildman–Crippen LogP) is 3.47. The Balaban J connectivity index is 1.54. The molecule has 7 nitrogen and oxygen atoms in total. The van der Waals surface area contributed by atoms with Crippen molar-refractivity contribution in [2.24, 2.45) is 5.73 Å². The number of carbonyl (C=O) groups excluding carboxylic acids is 2. The fourth-order valence-corrected chi connectivity index (χ4v) is 4.79. The molecule has 0 bridgehead atoms. The number of aryl methyl sites for hydroxylation is 2. The summed E-state index contributed by atoms with van der Waals surface area (Å²) in [7, 11) is 0. The molecule has 2 amide bonds. The molecule has 1 fully saturated rings. The highest BCUT2D eigenvalue weighted by Crippen LogP contribution is 2.31. The van der Waals surface area contributed by atoms with Crippen molar-refractivity contribution < 1.29 is 14.0 Å². The molecule has 3 heterocycles. The number of thiazole rings is 1. The molecule has 0 aliphatic carbocycles. The summed E-state index contributed by atoms with van der Waals surface area (Å²) >= 11 is 1.32. The predicted molar refractivity (Wildman–Crippen MR) is 115 cm³/mol. The van der Waals surface area contributed by atoms with Gasteiger partial charge in [-0.15, -0.1) is 11.3 Å². The molecule has 9 heteroatoms. The van der Waals surface area contributed by atoms with Crippen molar-refractivity contribution in [1.29, 1.82) is 0 Å². The zero-order chi connectivity index (χ0) is 22.1. The molecule has 160 valence electrons. The van der Waals surface area contributed by atoms with Crippen LogP contribution in [0.4, 0.5) is 4.39 Å². The molecule has 1 unspecified atom stereocenters. The van der Waals surface area contributed by atoms with E-state index in [9.17, 15) is 14.0 Å². The van der Waals surface area contributed by atoms with Gasteiger partial charge in [-0.2, -0.15) is 0 Å². The molecule has 31 heavy (non-hydrogen) atoms. The van der Waals surface area contributed by atoms with E-state index in [-0.39, 0.29) is 17.6 Å². The van der Waals surface area contributed by atoms with Crippen LogP contribution < -0.4 is 5.73 Å². The summed E-state index contributed by atoms with van der Waals surface area (Å²) in [6, 6.07) is 6.09. The van der Waals surface area contributed by atoms with Gasteiger partial charge < -0.3 is 10.6 Å². The fourth-order valence-electron chi connectivity index (χ4n) is 3.75. The fraction of sp³-hybridized carbons (Fsp3) is 0.318. The van der Waals surface area contributed by atoms with Crippen molar-refractivity contribution in [1.82, 2.24) is 19.9 Å². The molecule has 0 radical (unpaired) electrons. The SMILES string of the molecule is Cc1nc(C2CCCN(C(=O)c3sc(-c4ccc(F)cc4)nc3C)C2)ncc1C(N)=O. The van der Waals surface area contributed by atoms with Crippen molar-refractivity contribution in [3.8, 4) is 10.6 Å². The van der Waals surface area contributed by atoms with E-state index in [1.807, 2.05) is 11.8 Å². The lowest BCUT2D eigenvalue weighted by atomic mass is 9.96. The zero-order valence-electron chi connectivity index (χ0n) is 17.3. The average Bonchev–Trinajstić information content (AvgIpc) is 3.15. The molecule has 3 aromatic rings. The van der Waals surface area contributed by atoms with Crippen LogP contribution in [-0.2, 0) is 0 Å². The summed E-state index contributed by atoms with van der Waals surface area (Å²) < 4.78 is 13.2. The van der Waals surface area contributed by atoms with E-state index >= 15 is 0 Å². The summed E-state index contributed by atoms with van der Waals surface area (Å²) in [5.41, 5.74) is 7.63. The number of nitrogens with zero attached hydrogens (tertiary/aromatic N) is 4. The molecule has 1 atom stereocenters. The van der Waals surface area contributed by atoms with Crippen molar-refractivity contribution in [3.05, 3.63) is 63.9 Å². The number of piperidine rings is 1. The lowest BCUT2D eigenvalue weighted by Crippen LogP contribution is -2.39. The van der Waals surface area contributed by atoms with Gasteiger partial charge in [-0.25, -0.2) is 19.3 Å². The maximum Gasteiger partial charge on any atom is 0.265 e. The molecule has 4 rings (SSSR count). The van der Waals surface area contributed by atoms with Gasteiger partial charge in [0.15, 0.2) is 0 Å². The Labute approximate surface area is 183 Å². The second kappa shape index (κ2) is 8.50. The summed E-state index contributed by atoms with van der Waals surface area (Å²) in [6.07, 6.45) is 3.16. The number of amides is 2. The van der Waals surface area contributed by atoms with E-state index < -0.39 is 5.91 Å². The number of benzene rings is 1. The maximum absolute atomic E-state index is 13.2. The summed E-state index contributed by atoms with van der Waals surface area (Å²) in [4.78, 5) is 40.4. The Morgan fingerprint density at radius 2 is 1.90 bits per heavy atom. The van der Waals surface area contributed by atoms with Crippen LogP contribution in [0.3, 0.4) is 0 Å². The zero-order valence-corrected chi connectivity index (χ0v) is 18.1. The lowest BCUT2D eigenvalue weighted by molar-refractivity contribution is 0.0708. The summed E-state index contributed by atoms with van der Waals surface area (Å²) in [5, 5.41) is 0.690. The van der Waals surface area contributed by atoms with Crippen LogP contribution in [0, 0.1) is 19.7 Å². The molecule has 1 aliphatic heterocycles. The monoisotopic (exact) mass is 439 g/mol. The summed E-state index contributed by atoms with van der Waals surface area (Å²) in [5.74, 6) is -0.328. The molecule has 0 spiro atoms. The third-order valence-electron chi connectivity index (χ3n) is 5.42. The number of halogens is 1. The van der Waals surface area contributed by atoms with Crippen molar-refractivity contribution in [2.45, 2.75) is 32.6 Å². The number of nitrogens with two attached hydrogens (primary N) is 1. The Morgan fingerprint density at radius 1 is 1.16 bits per heavy atom. The topological polar surface area (TPSA) is 102 Å². The van der Waals surface area contributed by atoms with Crippen LogP contribution >= 0.6 is 11.3 Å². The molecule has 2 N–H and O–H groups in total. The van der Waals surface area contributed by atoms with E-state index in [2.05, 4.69) is 15.0 Å². The van der Waals surface area contributed by atoms with Gasteiger partial charge in [0.05, 0.1) is 17.0 Å². The van der Waals surface area contributed by atoms with E-state index in [1.54, 1.807) is 19.1 Å². The second-order valence-corrected chi connectivity index (χ2v) is 8.62. The van der Waals surface area contributed by atoms with Crippen LogP contribution in [-0.4, -0.2) is 44.8 Å². The Morgan fingerprint density at radius 3 is 2.58 bits per heavy atom. The van der Waals surface area contributed by atoms with E-state index in [0.717, 1.165) is 18.4 Å². The first-order valence-corrected chi connectivity index (χ1v) is 10.8. The molecular formula is C22H22FN5O2S. The van der Waals surface area contributed by atoms with Gasteiger partial charge in [-0.1, -0.05) is 0 Å². The van der Waals surface area contributed by atoms with Crippen LogP contribution in [0.25, 0.3) is 10.6 Å². The third kappa shape index (κ3) is 4.32. The van der Waals surface area contributed by atoms with E-state index in [0.29, 0.717) is 45.7 Å². The Hall–Kier alpha value is -3.20. The number of carbonyl (C=O) groups is 2. The molecule has 2 aromatic heterocycles. The molecule has 1 saturated heterocycles. The van der Waals surface area contributed by atoms with Gasteiger partial charge in [0.2, 0.25) is 0 Å². The van der Waals surface area contributed by atoms with Gasteiger partial charge in [0.1, 0.15) is 21.5 Å². The highest BCUT2D eigenvalue weighted by atomic mass is 32.1. The minimum Gasteiger partial charge on any atom is -0.365 e. The molecular weight excluding hydrogens is 417 g/mol. The smallest absolute Gasteiger partial charge is 0.265 e. The number of aromatic nitrogens is 3. The van der Waals surface area contributed by atoms with E-state index in [4.69, 9.17) is 5.73 Å². The average molecular weight is 440 g/mol.